The van der Waals surface area contributed by atoms with E-state index in [2.05, 4.69) is 0 Å². The third kappa shape index (κ3) is 3.49. The standard InChI is InChI=1S/C20H22O6/c1-11-8-7-9-14(26-13(3)21)16(11)18(22)17-12(2)10-15(23-4)19(24-5)20(17)25-6/h7-10H,1-6H3. The van der Waals surface area contributed by atoms with Crippen LogP contribution in [0, 0.1) is 13.8 Å². The molecule has 0 N–H and O–H groups in total. The maximum absolute atomic E-state index is 13.4. The minimum absolute atomic E-state index is 0.207. The second-order valence-corrected chi connectivity index (χ2v) is 5.71. The highest BCUT2D eigenvalue weighted by atomic mass is 16.5. The molecule has 0 saturated carbocycles. The third-order valence-corrected chi connectivity index (χ3v) is 3.97. The third-order valence-electron chi connectivity index (χ3n) is 3.97. The molecule has 2 aromatic rings. The van der Waals surface area contributed by atoms with Crippen LogP contribution in [0.5, 0.6) is 23.0 Å². The van der Waals surface area contributed by atoms with E-state index in [1.807, 2.05) is 0 Å². The van der Waals surface area contributed by atoms with E-state index in [1.165, 1.54) is 28.3 Å². The second kappa shape index (κ2) is 7.91. The predicted octanol–water partition coefficient (Wildman–Crippen LogP) is 3.49. The molecule has 6 nitrogen and oxygen atoms in total. The summed E-state index contributed by atoms with van der Waals surface area (Å²) in [5, 5.41) is 0. The average molecular weight is 358 g/mol. The number of ether oxygens (including phenoxy) is 4. The number of ketones is 1. The van der Waals surface area contributed by atoms with E-state index in [-0.39, 0.29) is 17.3 Å². The Bertz CT molecular complexity index is 854. The van der Waals surface area contributed by atoms with Crippen molar-refractivity contribution in [1.29, 1.82) is 0 Å². The number of methoxy groups -OCH3 is 3. The Hall–Kier alpha value is -3.02. The topological polar surface area (TPSA) is 71.1 Å². The lowest BCUT2D eigenvalue weighted by Crippen LogP contribution is -2.13. The van der Waals surface area contributed by atoms with Crippen LogP contribution in [0.3, 0.4) is 0 Å². The number of carbonyl (C=O) groups excluding carboxylic acids is 2. The van der Waals surface area contributed by atoms with Gasteiger partial charge in [-0.05, 0) is 37.1 Å². The molecule has 2 rings (SSSR count). The minimum atomic E-state index is -0.499. The maximum atomic E-state index is 13.4. The largest absolute Gasteiger partial charge is 0.493 e. The maximum Gasteiger partial charge on any atom is 0.308 e. The molecule has 0 radical (unpaired) electrons. The number of aryl methyl sites for hydroxylation is 2. The van der Waals surface area contributed by atoms with Gasteiger partial charge in [0.1, 0.15) is 5.75 Å². The van der Waals surface area contributed by atoms with Crippen molar-refractivity contribution >= 4 is 11.8 Å². The minimum Gasteiger partial charge on any atom is -0.493 e. The Morgan fingerprint density at radius 3 is 2.00 bits per heavy atom. The van der Waals surface area contributed by atoms with Crippen molar-refractivity contribution in [3.05, 3.63) is 46.5 Å². The first-order valence-corrected chi connectivity index (χ1v) is 7.97. The summed E-state index contributed by atoms with van der Waals surface area (Å²) in [7, 11) is 4.44. The Labute approximate surface area is 152 Å². The molecular formula is C20H22O6. The molecular weight excluding hydrogens is 336 g/mol. The van der Waals surface area contributed by atoms with Gasteiger partial charge in [-0.25, -0.2) is 0 Å². The Kier molecular flexibility index (Phi) is 5.87. The molecule has 0 amide bonds. The normalized spacial score (nSPS) is 10.2. The van der Waals surface area contributed by atoms with Gasteiger partial charge < -0.3 is 18.9 Å². The highest BCUT2D eigenvalue weighted by Gasteiger charge is 2.27. The fourth-order valence-corrected chi connectivity index (χ4v) is 2.86. The van der Waals surface area contributed by atoms with Crippen molar-refractivity contribution in [3.8, 4) is 23.0 Å². The summed E-state index contributed by atoms with van der Waals surface area (Å²) in [6.45, 7) is 4.85. The molecule has 0 saturated heterocycles. The quantitative estimate of drug-likeness (QED) is 0.447. The van der Waals surface area contributed by atoms with Gasteiger partial charge in [-0.15, -0.1) is 0 Å². The summed E-state index contributed by atoms with van der Waals surface area (Å²) in [6.07, 6.45) is 0. The molecule has 0 atom stereocenters. The smallest absolute Gasteiger partial charge is 0.308 e. The second-order valence-electron chi connectivity index (χ2n) is 5.71. The van der Waals surface area contributed by atoms with Crippen molar-refractivity contribution in [2.75, 3.05) is 21.3 Å². The molecule has 0 aliphatic heterocycles. The van der Waals surface area contributed by atoms with Gasteiger partial charge in [-0.3, -0.25) is 9.59 Å². The zero-order valence-electron chi connectivity index (χ0n) is 15.8. The zero-order valence-corrected chi connectivity index (χ0v) is 15.8. The van der Waals surface area contributed by atoms with E-state index in [9.17, 15) is 9.59 Å². The van der Waals surface area contributed by atoms with Crippen LogP contribution >= 0.6 is 0 Å². The SMILES string of the molecule is COc1cc(C)c(C(=O)c2c(C)cccc2OC(C)=O)c(OC)c1OC. The number of esters is 1. The molecule has 2 aromatic carbocycles. The van der Waals surface area contributed by atoms with Crippen molar-refractivity contribution in [1.82, 2.24) is 0 Å². The molecule has 26 heavy (non-hydrogen) atoms. The van der Waals surface area contributed by atoms with Crippen LogP contribution in [-0.4, -0.2) is 33.1 Å². The van der Waals surface area contributed by atoms with Gasteiger partial charge in [0.2, 0.25) is 11.5 Å². The fourth-order valence-electron chi connectivity index (χ4n) is 2.86. The average Bonchev–Trinajstić information content (AvgIpc) is 2.59. The molecule has 0 aliphatic rings. The number of benzene rings is 2. The van der Waals surface area contributed by atoms with Gasteiger partial charge in [0.05, 0.1) is 32.5 Å². The van der Waals surface area contributed by atoms with E-state index >= 15 is 0 Å². The molecule has 0 spiro atoms. The van der Waals surface area contributed by atoms with Crippen LogP contribution in [0.15, 0.2) is 24.3 Å². The van der Waals surface area contributed by atoms with Gasteiger partial charge in [0.15, 0.2) is 11.5 Å². The summed E-state index contributed by atoms with van der Waals surface area (Å²) in [5.74, 6) is 0.440. The number of rotatable bonds is 6. The molecule has 0 unspecified atom stereocenters. The van der Waals surface area contributed by atoms with Crippen molar-refractivity contribution in [2.24, 2.45) is 0 Å². The number of hydrogen-bond donors (Lipinski definition) is 0. The van der Waals surface area contributed by atoms with E-state index in [0.29, 0.717) is 33.8 Å². The van der Waals surface area contributed by atoms with E-state index in [0.717, 1.165) is 0 Å². The molecule has 0 aromatic heterocycles. The van der Waals surface area contributed by atoms with Crippen molar-refractivity contribution in [2.45, 2.75) is 20.8 Å². The van der Waals surface area contributed by atoms with Crippen LogP contribution in [-0.2, 0) is 4.79 Å². The predicted molar refractivity (Wildman–Crippen MR) is 96.8 cm³/mol. The van der Waals surface area contributed by atoms with Gasteiger partial charge in [-0.1, -0.05) is 12.1 Å². The van der Waals surface area contributed by atoms with E-state index < -0.39 is 5.97 Å². The van der Waals surface area contributed by atoms with Crippen LogP contribution in [0.1, 0.15) is 34.0 Å². The van der Waals surface area contributed by atoms with Crippen LogP contribution < -0.4 is 18.9 Å². The first-order valence-electron chi connectivity index (χ1n) is 7.97. The molecule has 138 valence electrons. The zero-order chi connectivity index (χ0) is 19.4. The number of hydrogen-bond acceptors (Lipinski definition) is 6. The lowest BCUT2D eigenvalue weighted by molar-refractivity contribution is -0.131. The highest BCUT2D eigenvalue weighted by molar-refractivity contribution is 6.15. The van der Waals surface area contributed by atoms with E-state index in [1.54, 1.807) is 38.1 Å². The monoisotopic (exact) mass is 358 g/mol. The molecule has 0 aliphatic carbocycles. The van der Waals surface area contributed by atoms with Gasteiger partial charge in [0, 0.05) is 6.92 Å². The molecule has 0 fully saturated rings. The van der Waals surface area contributed by atoms with Crippen LogP contribution in [0.2, 0.25) is 0 Å². The summed E-state index contributed by atoms with van der Waals surface area (Å²) in [4.78, 5) is 24.8. The molecule has 0 bridgehead atoms. The summed E-state index contributed by atoms with van der Waals surface area (Å²) in [6, 6.07) is 6.80. The lowest BCUT2D eigenvalue weighted by Gasteiger charge is -2.19. The van der Waals surface area contributed by atoms with Crippen LogP contribution in [0.25, 0.3) is 0 Å². The fraction of sp³-hybridized carbons (Fsp3) is 0.300. The Morgan fingerprint density at radius 2 is 1.46 bits per heavy atom. The Balaban J connectivity index is 2.74. The van der Waals surface area contributed by atoms with Gasteiger partial charge in [0.25, 0.3) is 0 Å². The number of carbonyl (C=O) groups is 2. The van der Waals surface area contributed by atoms with E-state index in [4.69, 9.17) is 18.9 Å². The van der Waals surface area contributed by atoms with Gasteiger partial charge >= 0.3 is 5.97 Å². The van der Waals surface area contributed by atoms with Crippen molar-refractivity contribution in [3.63, 3.8) is 0 Å². The summed E-state index contributed by atoms with van der Waals surface area (Å²) >= 11 is 0. The molecule has 0 heterocycles. The lowest BCUT2D eigenvalue weighted by atomic mass is 9.93. The van der Waals surface area contributed by atoms with Crippen LogP contribution in [0.4, 0.5) is 0 Å². The highest BCUT2D eigenvalue weighted by Crippen LogP contribution is 2.43. The Morgan fingerprint density at radius 1 is 0.808 bits per heavy atom. The summed E-state index contributed by atoms with van der Waals surface area (Å²) < 4.78 is 21.4. The molecule has 6 heteroatoms. The summed E-state index contributed by atoms with van der Waals surface area (Å²) in [5.41, 5.74) is 1.97. The van der Waals surface area contributed by atoms with Crippen molar-refractivity contribution < 1.29 is 28.5 Å². The van der Waals surface area contributed by atoms with Gasteiger partial charge in [-0.2, -0.15) is 0 Å². The first kappa shape index (κ1) is 19.3. The first-order chi connectivity index (χ1) is 12.3.